The maximum Gasteiger partial charge on any atom is 0.159 e. The molecule has 0 radical (unpaired) electrons. The Bertz CT molecular complexity index is 546. The number of hydrogen-bond donors (Lipinski definition) is 2. The van der Waals surface area contributed by atoms with Gasteiger partial charge in [-0.25, -0.2) is 8.78 Å². The smallest absolute Gasteiger partial charge is 0.159 e. The molecule has 2 rings (SSSR count). The predicted molar refractivity (Wildman–Crippen MR) is 59.1 cm³/mol. The second-order valence-electron chi connectivity index (χ2n) is 3.58. The molecule has 0 bridgehead atoms. The first-order chi connectivity index (χ1) is 8.09. The van der Waals surface area contributed by atoms with Crippen molar-refractivity contribution < 1.29 is 13.9 Å². The predicted octanol–water partition coefficient (Wildman–Crippen LogP) is 2.02. The summed E-state index contributed by atoms with van der Waals surface area (Å²) in [5.41, 5.74) is 6.59. The number of nitrogens with two attached hydrogens (primary N) is 1. The van der Waals surface area contributed by atoms with E-state index in [4.69, 9.17) is 5.73 Å². The number of rotatable bonds is 2. The van der Waals surface area contributed by atoms with Crippen LogP contribution in [0.25, 0.3) is 0 Å². The summed E-state index contributed by atoms with van der Waals surface area (Å²) in [6.07, 6.45) is 1.75. The number of nitrogen functional groups attached to an aromatic ring is 1. The number of aliphatic hydroxyl groups excluding tert-OH is 1. The summed E-state index contributed by atoms with van der Waals surface area (Å²) < 4.78 is 25.8. The zero-order chi connectivity index (χ0) is 12.4. The highest BCUT2D eigenvalue weighted by molar-refractivity contribution is 5.48. The Hall–Kier alpha value is -2.01. The fourth-order valence-corrected chi connectivity index (χ4v) is 1.51. The summed E-state index contributed by atoms with van der Waals surface area (Å²) in [7, 11) is 0. The zero-order valence-electron chi connectivity index (χ0n) is 8.77. The lowest BCUT2D eigenvalue weighted by atomic mass is 10.0. The Balaban J connectivity index is 2.40. The zero-order valence-corrected chi connectivity index (χ0v) is 8.77. The molecular weight excluding hydrogens is 226 g/mol. The molecule has 3 nitrogen and oxygen atoms in total. The van der Waals surface area contributed by atoms with Crippen LogP contribution in [0, 0.1) is 11.6 Å². The molecule has 88 valence electrons. The first-order valence-corrected chi connectivity index (χ1v) is 4.92. The molecule has 17 heavy (non-hydrogen) atoms. The Kier molecular flexibility index (Phi) is 3.01. The molecule has 3 N–H and O–H groups in total. The van der Waals surface area contributed by atoms with Crippen molar-refractivity contribution in [2.45, 2.75) is 6.10 Å². The number of aliphatic hydroxyl groups is 1. The van der Waals surface area contributed by atoms with Gasteiger partial charge in [0.2, 0.25) is 0 Å². The molecule has 1 heterocycles. The molecule has 0 spiro atoms. The lowest BCUT2D eigenvalue weighted by Gasteiger charge is -2.13. The van der Waals surface area contributed by atoms with Crippen LogP contribution < -0.4 is 5.73 Å². The molecule has 0 aliphatic carbocycles. The quantitative estimate of drug-likeness (QED) is 0.838. The minimum Gasteiger partial charge on any atom is -0.398 e. The number of halogens is 2. The minimum atomic E-state index is -1.13. The fourth-order valence-electron chi connectivity index (χ4n) is 1.51. The van der Waals surface area contributed by atoms with E-state index in [0.717, 1.165) is 12.1 Å². The highest BCUT2D eigenvalue weighted by Crippen LogP contribution is 2.26. The van der Waals surface area contributed by atoms with Gasteiger partial charge in [0.1, 0.15) is 6.10 Å². The third kappa shape index (κ3) is 2.24. The van der Waals surface area contributed by atoms with E-state index >= 15 is 0 Å². The Morgan fingerprint density at radius 1 is 1.18 bits per heavy atom. The van der Waals surface area contributed by atoms with Crippen molar-refractivity contribution in [2.24, 2.45) is 0 Å². The van der Waals surface area contributed by atoms with E-state index < -0.39 is 17.7 Å². The van der Waals surface area contributed by atoms with Gasteiger partial charge in [0.25, 0.3) is 0 Å². The fraction of sp³-hybridized carbons (Fsp3) is 0.0833. The first kappa shape index (κ1) is 11.5. The molecule has 1 aromatic heterocycles. The number of nitrogens with zero attached hydrogens (tertiary/aromatic N) is 1. The van der Waals surface area contributed by atoms with Crippen molar-refractivity contribution in [1.29, 1.82) is 0 Å². The van der Waals surface area contributed by atoms with E-state index in [2.05, 4.69) is 4.98 Å². The monoisotopic (exact) mass is 236 g/mol. The minimum absolute atomic E-state index is 0.226. The number of benzene rings is 1. The summed E-state index contributed by atoms with van der Waals surface area (Å²) in [5.74, 6) is -1.97. The number of aromatic nitrogens is 1. The van der Waals surface area contributed by atoms with Crippen LogP contribution in [-0.2, 0) is 0 Å². The summed E-state index contributed by atoms with van der Waals surface area (Å²) >= 11 is 0. The highest BCUT2D eigenvalue weighted by atomic mass is 19.2. The molecule has 5 heteroatoms. The van der Waals surface area contributed by atoms with E-state index in [-0.39, 0.29) is 5.56 Å². The molecule has 2 aromatic rings. The average Bonchev–Trinajstić information content (AvgIpc) is 2.32. The van der Waals surface area contributed by atoms with Crippen molar-refractivity contribution in [3.05, 3.63) is 59.4 Å². The third-order valence-corrected chi connectivity index (χ3v) is 2.44. The van der Waals surface area contributed by atoms with Gasteiger partial charge in [-0.3, -0.25) is 4.98 Å². The van der Waals surface area contributed by atoms with E-state index in [1.54, 1.807) is 0 Å². The SMILES string of the molecule is Nc1ccncc1C(O)c1ccc(F)c(F)c1. The van der Waals surface area contributed by atoms with Crippen LogP contribution in [0.3, 0.4) is 0 Å². The van der Waals surface area contributed by atoms with Crippen LogP contribution in [0.15, 0.2) is 36.7 Å². The summed E-state index contributed by atoms with van der Waals surface area (Å²) in [5, 5.41) is 9.98. The van der Waals surface area contributed by atoms with E-state index in [1.807, 2.05) is 0 Å². The Morgan fingerprint density at radius 3 is 2.59 bits per heavy atom. The maximum absolute atomic E-state index is 13.0. The van der Waals surface area contributed by atoms with Crippen LogP contribution in [0.2, 0.25) is 0 Å². The molecule has 0 saturated heterocycles. The van der Waals surface area contributed by atoms with Crippen LogP contribution in [0.4, 0.5) is 14.5 Å². The summed E-state index contributed by atoms with van der Waals surface area (Å²) in [6, 6.07) is 4.72. The van der Waals surface area contributed by atoms with Gasteiger partial charge < -0.3 is 10.8 Å². The number of hydrogen-bond acceptors (Lipinski definition) is 3. The van der Waals surface area contributed by atoms with E-state index in [0.29, 0.717) is 11.3 Å². The number of anilines is 1. The van der Waals surface area contributed by atoms with E-state index in [1.165, 1.54) is 24.5 Å². The van der Waals surface area contributed by atoms with Crippen molar-refractivity contribution in [2.75, 3.05) is 5.73 Å². The molecule has 0 saturated carbocycles. The van der Waals surface area contributed by atoms with E-state index in [9.17, 15) is 13.9 Å². The van der Waals surface area contributed by atoms with Gasteiger partial charge in [0.05, 0.1) is 0 Å². The van der Waals surface area contributed by atoms with Crippen molar-refractivity contribution >= 4 is 5.69 Å². The van der Waals surface area contributed by atoms with Crippen molar-refractivity contribution in [1.82, 2.24) is 4.98 Å². The largest absolute Gasteiger partial charge is 0.398 e. The molecular formula is C12H10F2N2O. The van der Waals surface area contributed by atoms with Crippen molar-refractivity contribution in [3.63, 3.8) is 0 Å². The first-order valence-electron chi connectivity index (χ1n) is 4.92. The van der Waals surface area contributed by atoms with Gasteiger partial charge >= 0.3 is 0 Å². The lowest BCUT2D eigenvalue weighted by molar-refractivity contribution is 0.220. The normalized spacial score (nSPS) is 12.4. The van der Waals surface area contributed by atoms with Crippen LogP contribution in [-0.4, -0.2) is 10.1 Å². The van der Waals surface area contributed by atoms with Gasteiger partial charge in [0.15, 0.2) is 11.6 Å². The van der Waals surface area contributed by atoms with Crippen LogP contribution in [0.1, 0.15) is 17.2 Å². The molecule has 0 fully saturated rings. The maximum atomic E-state index is 13.0. The second kappa shape index (κ2) is 4.47. The van der Waals surface area contributed by atoms with Gasteiger partial charge in [-0.1, -0.05) is 6.07 Å². The molecule has 0 amide bonds. The van der Waals surface area contributed by atoms with Crippen molar-refractivity contribution in [3.8, 4) is 0 Å². The molecule has 0 aliphatic heterocycles. The van der Waals surface area contributed by atoms with Crippen LogP contribution >= 0.6 is 0 Å². The average molecular weight is 236 g/mol. The van der Waals surface area contributed by atoms with Gasteiger partial charge in [-0.05, 0) is 23.8 Å². The molecule has 1 unspecified atom stereocenters. The van der Waals surface area contributed by atoms with Crippen LogP contribution in [0.5, 0.6) is 0 Å². The Morgan fingerprint density at radius 2 is 1.94 bits per heavy atom. The highest BCUT2D eigenvalue weighted by Gasteiger charge is 2.15. The second-order valence-corrected chi connectivity index (χ2v) is 3.58. The summed E-state index contributed by atoms with van der Waals surface area (Å²) in [4.78, 5) is 3.82. The van der Waals surface area contributed by atoms with Gasteiger partial charge in [0, 0.05) is 23.6 Å². The molecule has 0 aliphatic rings. The van der Waals surface area contributed by atoms with Gasteiger partial charge in [-0.2, -0.15) is 0 Å². The standard InChI is InChI=1S/C12H10F2N2O/c13-9-2-1-7(5-10(9)14)12(17)8-6-16-4-3-11(8)15/h1-6,12,17H,(H2,15,16). The summed E-state index contributed by atoms with van der Waals surface area (Å²) in [6.45, 7) is 0. The van der Waals surface area contributed by atoms with Gasteiger partial charge in [-0.15, -0.1) is 0 Å². The molecule has 1 atom stereocenters. The molecule has 1 aromatic carbocycles. The topological polar surface area (TPSA) is 59.1 Å². The Labute approximate surface area is 96.5 Å². The number of pyridine rings is 1. The lowest BCUT2D eigenvalue weighted by Crippen LogP contribution is -2.05. The third-order valence-electron chi connectivity index (χ3n) is 2.44.